The minimum absolute atomic E-state index is 0.183. The Labute approximate surface area is 131 Å². The molecule has 0 aliphatic heterocycles. The average Bonchev–Trinajstić information content (AvgIpc) is 2.34. The molecule has 0 saturated carbocycles. The van der Waals surface area contributed by atoms with Crippen molar-refractivity contribution in [1.82, 2.24) is 4.90 Å². The molecule has 1 atom stereocenters. The Morgan fingerprint density at radius 1 is 1.38 bits per heavy atom. The van der Waals surface area contributed by atoms with Crippen molar-refractivity contribution in [3.8, 4) is 5.75 Å². The van der Waals surface area contributed by atoms with Crippen molar-refractivity contribution in [2.24, 2.45) is 5.73 Å². The molecule has 21 heavy (non-hydrogen) atoms. The van der Waals surface area contributed by atoms with Gasteiger partial charge in [0.15, 0.2) is 0 Å². The van der Waals surface area contributed by atoms with Gasteiger partial charge >= 0.3 is 0 Å². The quantitative estimate of drug-likeness (QED) is 0.615. The van der Waals surface area contributed by atoms with Gasteiger partial charge in [0.25, 0.3) is 0 Å². The summed E-state index contributed by atoms with van der Waals surface area (Å²) >= 11 is 4.87. The lowest BCUT2D eigenvalue weighted by molar-refractivity contribution is 0.0194. The highest BCUT2D eigenvalue weighted by Crippen LogP contribution is 2.12. The summed E-state index contributed by atoms with van der Waals surface area (Å²) < 4.78 is 5.51. The molecule has 0 saturated heterocycles. The van der Waals surface area contributed by atoms with Gasteiger partial charge in [-0.3, -0.25) is 0 Å². The summed E-state index contributed by atoms with van der Waals surface area (Å²) in [6, 6.07) is 7.10. The number of likely N-dealkylation sites (N-methyl/N-ethyl adjacent to an activating group) is 1. The SMILES string of the molecule is CN(CC(O)COc1ccc(C(N)=S)cc1)CC(C)(C)O. The molecule has 0 aliphatic carbocycles. The molecule has 0 amide bonds. The Bertz CT molecular complexity index is 457. The van der Waals surface area contributed by atoms with Crippen LogP contribution in [0.15, 0.2) is 24.3 Å². The van der Waals surface area contributed by atoms with Crippen molar-refractivity contribution >= 4 is 17.2 Å². The molecule has 1 aromatic rings. The Morgan fingerprint density at radius 3 is 2.43 bits per heavy atom. The summed E-state index contributed by atoms with van der Waals surface area (Å²) in [5, 5.41) is 19.6. The first-order chi connectivity index (χ1) is 9.67. The van der Waals surface area contributed by atoms with E-state index in [-0.39, 0.29) is 6.61 Å². The van der Waals surface area contributed by atoms with Crippen molar-refractivity contribution in [2.45, 2.75) is 25.6 Å². The molecule has 0 heterocycles. The number of hydrogen-bond donors (Lipinski definition) is 3. The normalized spacial score (nSPS) is 13.2. The predicted octanol–water partition coefficient (Wildman–Crippen LogP) is 0.763. The van der Waals surface area contributed by atoms with Crippen LogP contribution in [0.2, 0.25) is 0 Å². The average molecular weight is 312 g/mol. The van der Waals surface area contributed by atoms with Crippen molar-refractivity contribution < 1.29 is 14.9 Å². The number of aliphatic hydroxyl groups excluding tert-OH is 1. The molecule has 0 fully saturated rings. The predicted molar refractivity (Wildman–Crippen MR) is 87.6 cm³/mol. The summed E-state index contributed by atoms with van der Waals surface area (Å²) in [6.45, 7) is 4.55. The molecular formula is C15H24N2O3S. The van der Waals surface area contributed by atoms with Crippen LogP contribution in [0.3, 0.4) is 0 Å². The zero-order valence-electron chi connectivity index (χ0n) is 12.7. The fourth-order valence-corrected chi connectivity index (χ4v) is 2.18. The largest absolute Gasteiger partial charge is 0.491 e. The lowest BCUT2D eigenvalue weighted by Crippen LogP contribution is -2.41. The second kappa shape index (κ2) is 7.70. The highest BCUT2D eigenvalue weighted by atomic mass is 32.1. The maximum absolute atomic E-state index is 9.93. The maximum Gasteiger partial charge on any atom is 0.119 e. The van der Waals surface area contributed by atoms with E-state index in [2.05, 4.69) is 0 Å². The molecule has 118 valence electrons. The molecule has 4 N–H and O–H groups in total. The van der Waals surface area contributed by atoms with Gasteiger partial charge in [0.05, 0.1) is 5.60 Å². The van der Waals surface area contributed by atoms with Gasteiger partial charge in [-0.25, -0.2) is 0 Å². The minimum atomic E-state index is -0.786. The molecule has 0 aromatic heterocycles. The Balaban J connectivity index is 2.39. The zero-order valence-corrected chi connectivity index (χ0v) is 13.6. The van der Waals surface area contributed by atoms with Crippen LogP contribution in [0.4, 0.5) is 0 Å². The molecule has 1 unspecified atom stereocenters. The maximum atomic E-state index is 9.93. The van der Waals surface area contributed by atoms with Crippen LogP contribution in [-0.2, 0) is 0 Å². The smallest absolute Gasteiger partial charge is 0.119 e. The van der Waals surface area contributed by atoms with E-state index < -0.39 is 11.7 Å². The summed E-state index contributed by atoms with van der Waals surface area (Å²) in [5.74, 6) is 0.652. The first kappa shape index (κ1) is 17.8. The van der Waals surface area contributed by atoms with E-state index in [1.165, 1.54) is 0 Å². The van der Waals surface area contributed by atoms with Crippen LogP contribution >= 0.6 is 12.2 Å². The van der Waals surface area contributed by atoms with Crippen LogP contribution in [0.1, 0.15) is 19.4 Å². The molecular weight excluding hydrogens is 288 g/mol. The molecule has 0 bridgehead atoms. The fourth-order valence-electron chi connectivity index (χ4n) is 2.05. The van der Waals surface area contributed by atoms with E-state index in [0.29, 0.717) is 23.8 Å². The van der Waals surface area contributed by atoms with Gasteiger partial charge in [-0.05, 0) is 45.2 Å². The number of nitrogens with two attached hydrogens (primary N) is 1. The van der Waals surface area contributed by atoms with Gasteiger partial charge in [0.2, 0.25) is 0 Å². The van der Waals surface area contributed by atoms with Gasteiger partial charge in [0.1, 0.15) is 23.4 Å². The van der Waals surface area contributed by atoms with Crippen molar-refractivity contribution in [1.29, 1.82) is 0 Å². The van der Waals surface area contributed by atoms with E-state index in [9.17, 15) is 10.2 Å². The third-order valence-corrected chi connectivity index (χ3v) is 3.00. The number of nitrogens with zero attached hydrogens (tertiary/aromatic N) is 1. The molecule has 0 spiro atoms. The summed E-state index contributed by atoms with van der Waals surface area (Å²) in [6.07, 6.45) is -0.632. The molecule has 0 radical (unpaired) electrons. The van der Waals surface area contributed by atoms with Crippen molar-refractivity contribution in [2.75, 3.05) is 26.7 Å². The van der Waals surface area contributed by atoms with E-state index in [1.54, 1.807) is 38.1 Å². The number of ether oxygens (including phenoxy) is 1. The minimum Gasteiger partial charge on any atom is -0.491 e. The third-order valence-electron chi connectivity index (χ3n) is 2.76. The highest BCUT2D eigenvalue weighted by molar-refractivity contribution is 7.80. The Kier molecular flexibility index (Phi) is 6.54. The number of aliphatic hydroxyl groups is 2. The standard InChI is InChI=1S/C15H24N2O3S/c1-15(2,19)10-17(3)8-12(18)9-20-13-6-4-11(5-7-13)14(16)21/h4-7,12,18-19H,8-10H2,1-3H3,(H2,16,21). The number of thiocarbonyl (C=S) groups is 1. The van der Waals surface area contributed by atoms with Crippen LogP contribution in [0.25, 0.3) is 0 Å². The molecule has 0 aliphatic rings. The van der Waals surface area contributed by atoms with Crippen LogP contribution in [0.5, 0.6) is 5.75 Å². The van der Waals surface area contributed by atoms with Crippen LogP contribution in [0, 0.1) is 0 Å². The third kappa shape index (κ3) is 7.38. The van der Waals surface area contributed by atoms with Crippen molar-refractivity contribution in [3.05, 3.63) is 29.8 Å². The molecule has 5 nitrogen and oxygen atoms in total. The van der Waals surface area contributed by atoms with Gasteiger partial charge in [-0.1, -0.05) is 12.2 Å². The molecule has 1 aromatic carbocycles. The molecule has 6 heteroatoms. The summed E-state index contributed by atoms with van der Waals surface area (Å²) in [7, 11) is 1.85. The van der Waals surface area contributed by atoms with Crippen molar-refractivity contribution in [3.63, 3.8) is 0 Å². The first-order valence-corrected chi connectivity index (χ1v) is 7.20. The van der Waals surface area contributed by atoms with E-state index in [4.69, 9.17) is 22.7 Å². The van der Waals surface area contributed by atoms with Gasteiger partial charge in [-0.15, -0.1) is 0 Å². The van der Waals surface area contributed by atoms with Crippen LogP contribution < -0.4 is 10.5 Å². The van der Waals surface area contributed by atoms with E-state index in [1.807, 2.05) is 11.9 Å². The fraction of sp³-hybridized carbons (Fsp3) is 0.533. The van der Waals surface area contributed by atoms with Gasteiger partial charge in [0, 0.05) is 18.7 Å². The summed E-state index contributed by atoms with van der Waals surface area (Å²) in [5.41, 5.74) is 5.51. The second-order valence-electron chi connectivity index (χ2n) is 5.86. The lowest BCUT2D eigenvalue weighted by atomic mass is 10.1. The Morgan fingerprint density at radius 2 is 1.95 bits per heavy atom. The van der Waals surface area contributed by atoms with E-state index in [0.717, 1.165) is 5.56 Å². The second-order valence-corrected chi connectivity index (χ2v) is 6.30. The Hall–Kier alpha value is -1.21. The number of rotatable bonds is 8. The van der Waals surface area contributed by atoms with E-state index >= 15 is 0 Å². The molecule has 1 rings (SSSR count). The van der Waals surface area contributed by atoms with Crippen LogP contribution in [-0.4, -0.2) is 58.6 Å². The van der Waals surface area contributed by atoms with Gasteiger partial charge in [-0.2, -0.15) is 0 Å². The number of hydrogen-bond acceptors (Lipinski definition) is 5. The highest BCUT2D eigenvalue weighted by Gasteiger charge is 2.17. The topological polar surface area (TPSA) is 79.0 Å². The lowest BCUT2D eigenvalue weighted by Gasteiger charge is -2.27. The number of benzene rings is 1. The van der Waals surface area contributed by atoms with Gasteiger partial charge < -0.3 is 25.6 Å². The monoisotopic (exact) mass is 312 g/mol. The zero-order chi connectivity index (χ0) is 16.0. The first-order valence-electron chi connectivity index (χ1n) is 6.79. The summed E-state index contributed by atoms with van der Waals surface area (Å²) in [4.78, 5) is 2.21.